The lowest BCUT2D eigenvalue weighted by Gasteiger charge is -1.91. The molecule has 0 radical (unpaired) electrons. The Morgan fingerprint density at radius 2 is 2.14 bits per heavy atom. The van der Waals surface area contributed by atoms with Crippen LogP contribution in [0.2, 0.25) is 0 Å². The van der Waals surface area contributed by atoms with Crippen molar-refractivity contribution in [3.8, 4) is 0 Å². The second-order valence-corrected chi connectivity index (χ2v) is 1.41. The summed E-state index contributed by atoms with van der Waals surface area (Å²) in [7, 11) is 0. The first-order valence-electron chi connectivity index (χ1n) is 2.45. The van der Waals surface area contributed by atoms with Crippen molar-refractivity contribution in [2.24, 2.45) is 11.5 Å². The van der Waals surface area contributed by atoms with E-state index in [1.54, 1.807) is 6.08 Å². The van der Waals surface area contributed by atoms with E-state index < -0.39 is 0 Å². The van der Waals surface area contributed by atoms with Gasteiger partial charge in [-0.3, -0.25) is 0 Å². The first kappa shape index (κ1) is 6.66. The van der Waals surface area contributed by atoms with Gasteiger partial charge in [0.15, 0.2) is 0 Å². The molecule has 0 rings (SSSR count). The highest BCUT2D eigenvalue weighted by molar-refractivity contribution is 4.86. The second kappa shape index (κ2) is 3.84. The third-order valence-corrected chi connectivity index (χ3v) is 0.594. The second-order valence-electron chi connectivity index (χ2n) is 1.41. The summed E-state index contributed by atoms with van der Waals surface area (Å²) in [6.07, 6.45) is 4.45. The molecule has 0 aliphatic carbocycles. The predicted octanol–water partition coefficient (Wildman–Crippen LogP) is 0.196. The molecule has 4 N–H and O–H groups in total. The van der Waals surface area contributed by atoms with E-state index >= 15 is 0 Å². The third-order valence-electron chi connectivity index (χ3n) is 0.594. The minimum absolute atomic E-state index is 0.278. The fraction of sp³-hybridized carbons (Fsp3) is 0.600. The summed E-state index contributed by atoms with van der Waals surface area (Å²) in [5, 5.41) is 0. The lowest BCUT2D eigenvalue weighted by atomic mass is 10.4. The van der Waals surface area contributed by atoms with Gasteiger partial charge < -0.3 is 11.5 Å². The van der Waals surface area contributed by atoms with Gasteiger partial charge in [0.2, 0.25) is 0 Å². The normalized spacial score (nSPS) is 11.4. The van der Waals surface area contributed by atoms with Crippen molar-refractivity contribution in [1.29, 1.82) is 0 Å². The zero-order valence-corrected chi connectivity index (χ0v) is 4.59. The summed E-state index contributed by atoms with van der Waals surface area (Å²) in [5.41, 5.74) is 10.3. The summed E-state index contributed by atoms with van der Waals surface area (Å²) in [5.74, 6) is 0. The van der Waals surface area contributed by atoms with Gasteiger partial charge >= 0.3 is 0 Å². The Morgan fingerprint density at radius 1 is 1.57 bits per heavy atom. The average Bonchev–Trinajstić information content (AvgIpc) is 1.61. The third kappa shape index (κ3) is 5.66. The maximum absolute atomic E-state index is 5.17. The maximum Gasteiger partial charge on any atom is 0.0713 e. The maximum atomic E-state index is 5.17. The molecule has 42 valence electrons. The van der Waals surface area contributed by atoms with E-state index in [9.17, 15) is 0 Å². The molecule has 0 spiro atoms. The van der Waals surface area contributed by atoms with Gasteiger partial charge in [0.05, 0.1) is 6.17 Å². The van der Waals surface area contributed by atoms with Crippen LogP contribution in [0.3, 0.4) is 0 Å². The molecular formula is C5H12N2. The summed E-state index contributed by atoms with van der Waals surface area (Å²) >= 11 is 0. The lowest BCUT2D eigenvalue weighted by molar-refractivity contribution is 0.870. The first-order chi connectivity index (χ1) is 3.27. The molecule has 7 heavy (non-hydrogen) atoms. The molecule has 0 unspecified atom stereocenters. The number of hydrogen-bond acceptors (Lipinski definition) is 2. The molecule has 2 nitrogen and oxygen atoms in total. The number of hydrogen-bond donors (Lipinski definition) is 2. The van der Waals surface area contributed by atoms with E-state index in [2.05, 4.69) is 0 Å². The van der Waals surface area contributed by atoms with Crippen molar-refractivity contribution in [3.63, 3.8) is 0 Å². The van der Waals surface area contributed by atoms with Crippen LogP contribution in [0.25, 0.3) is 0 Å². The molecule has 0 saturated heterocycles. The van der Waals surface area contributed by atoms with Crippen molar-refractivity contribution < 1.29 is 0 Å². The molecule has 0 amide bonds. The average molecular weight is 100 g/mol. The monoisotopic (exact) mass is 100 g/mol. The largest absolute Gasteiger partial charge is 0.313 e. The molecule has 0 aliphatic heterocycles. The van der Waals surface area contributed by atoms with Gasteiger partial charge in [-0.1, -0.05) is 19.1 Å². The number of allylic oxidation sites excluding steroid dienone is 1. The molecule has 0 bridgehead atoms. The molecule has 0 heterocycles. The van der Waals surface area contributed by atoms with E-state index in [-0.39, 0.29) is 6.17 Å². The van der Waals surface area contributed by atoms with E-state index in [1.807, 2.05) is 13.0 Å². The van der Waals surface area contributed by atoms with Gasteiger partial charge in [0.1, 0.15) is 0 Å². The summed E-state index contributed by atoms with van der Waals surface area (Å²) in [4.78, 5) is 0. The van der Waals surface area contributed by atoms with Gasteiger partial charge in [0.25, 0.3) is 0 Å². The minimum Gasteiger partial charge on any atom is -0.313 e. The number of nitrogens with two attached hydrogens (primary N) is 2. The standard InChI is InChI=1S/C5H12N2/c1-2-3-4-5(6)7/h3-5H,2,6-7H2,1H3. The molecule has 0 fully saturated rings. The Labute approximate surface area is 44.2 Å². The fourth-order valence-corrected chi connectivity index (χ4v) is 0.293. The van der Waals surface area contributed by atoms with Crippen LogP contribution >= 0.6 is 0 Å². The lowest BCUT2D eigenvalue weighted by Crippen LogP contribution is -2.27. The Balaban J connectivity index is 3.08. The van der Waals surface area contributed by atoms with Crippen LogP contribution in [-0.2, 0) is 0 Å². The molecule has 0 aliphatic rings. The molecule has 0 aromatic rings. The molecule has 0 saturated carbocycles. The zero-order chi connectivity index (χ0) is 5.70. The van der Waals surface area contributed by atoms with Crippen molar-refractivity contribution in [1.82, 2.24) is 0 Å². The molecule has 0 aromatic heterocycles. The van der Waals surface area contributed by atoms with Gasteiger partial charge in [-0.2, -0.15) is 0 Å². The Bertz CT molecular complexity index is 57.1. The van der Waals surface area contributed by atoms with Crippen LogP contribution in [0.1, 0.15) is 13.3 Å². The van der Waals surface area contributed by atoms with E-state index in [0.717, 1.165) is 6.42 Å². The van der Waals surface area contributed by atoms with E-state index in [1.165, 1.54) is 0 Å². The summed E-state index contributed by atoms with van der Waals surface area (Å²) < 4.78 is 0. The van der Waals surface area contributed by atoms with E-state index in [0.29, 0.717) is 0 Å². The molecule has 0 atom stereocenters. The summed E-state index contributed by atoms with van der Waals surface area (Å²) in [6, 6.07) is 0. The van der Waals surface area contributed by atoms with E-state index in [4.69, 9.17) is 11.5 Å². The topological polar surface area (TPSA) is 52.0 Å². The van der Waals surface area contributed by atoms with Crippen LogP contribution in [0.5, 0.6) is 0 Å². The van der Waals surface area contributed by atoms with Crippen LogP contribution in [0.4, 0.5) is 0 Å². The highest BCUT2D eigenvalue weighted by Gasteiger charge is 1.77. The van der Waals surface area contributed by atoms with Crippen molar-refractivity contribution in [3.05, 3.63) is 12.2 Å². The summed E-state index contributed by atoms with van der Waals surface area (Å²) in [6.45, 7) is 2.04. The van der Waals surface area contributed by atoms with Crippen molar-refractivity contribution in [2.75, 3.05) is 0 Å². The fourth-order valence-electron chi connectivity index (χ4n) is 0.293. The van der Waals surface area contributed by atoms with Gasteiger partial charge in [-0.25, -0.2) is 0 Å². The quantitative estimate of drug-likeness (QED) is 0.384. The SMILES string of the molecule is CCC=CC(N)N. The molecule has 0 aromatic carbocycles. The predicted molar refractivity (Wildman–Crippen MR) is 31.6 cm³/mol. The Hall–Kier alpha value is -0.340. The van der Waals surface area contributed by atoms with Crippen molar-refractivity contribution in [2.45, 2.75) is 19.5 Å². The van der Waals surface area contributed by atoms with Crippen LogP contribution in [0, 0.1) is 0 Å². The number of rotatable bonds is 2. The highest BCUT2D eigenvalue weighted by Crippen LogP contribution is 1.77. The van der Waals surface area contributed by atoms with Crippen molar-refractivity contribution >= 4 is 0 Å². The van der Waals surface area contributed by atoms with Gasteiger partial charge in [-0.05, 0) is 6.42 Å². The molecular weight excluding hydrogens is 88.1 g/mol. The smallest absolute Gasteiger partial charge is 0.0713 e. The Kier molecular flexibility index (Phi) is 3.65. The van der Waals surface area contributed by atoms with Crippen LogP contribution in [-0.4, -0.2) is 6.17 Å². The molecule has 2 heteroatoms. The van der Waals surface area contributed by atoms with Crippen LogP contribution in [0.15, 0.2) is 12.2 Å². The minimum atomic E-state index is -0.278. The van der Waals surface area contributed by atoms with Gasteiger partial charge in [-0.15, -0.1) is 0 Å². The Morgan fingerprint density at radius 3 is 2.29 bits per heavy atom. The highest BCUT2D eigenvalue weighted by atomic mass is 14.8. The van der Waals surface area contributed by atoms with Gasteiger partial charge in [0, 0.05) is 0 Å². The zero-order valence-electron chi connectivity index (χ0n) is 4.59. The first-order valence-corrected chi connectivity index (χ1v) is 2.45. The van der Waals surface area contributed by atoms with Crippen LogP contribution < -0.4 is 11.5 Å².